The number of phenols is 1. The van der Waals surface area contributed by atoms with E-state index in [9.17, 15) is 9.90 Å². The number of thioether (sulfide) groups is 1. The molecule has 1 amide bonds. The first-order chi connectivity index (χ1) is 8.72. The first-order valence-corrected chi connectivity index (χ1v) is 6.53. The maximum atomic E-state index is 12.1. The first-order valence-electron chi connectivity index (χ1n) is 5.30. The van der Waals surface area contributed by atoms with Crippen LogP contribution in [0.4, 0.5) is 5.69 Å². The number of pyridine rings is 1. The summed E-state index contributed by atoms with van der Waals surface area (Å²) in [6.07, 6.45) is 3.50. The molecule has 0 atom stereocenters. The van der Waals surface area contributed by atoms with E-state index in [2.05, 4.69) is 10.3 Å². The molecule has 0 saturated carbocycles. The number of carbonyl (C=O) groups is 1. The average molecular weight is 260 g/mol. The largest absolute Gasteiger partial charge is 0.506 e. The van der Waals surface area contributed by atoms with Crippen LogP contribution in [-0.4, -0.2) is 22.3 Å². The van der Waals surface area contributed by atoms with Gasteiger partial charge in [-0.15, -0.1) is 11.8 Å². The van der Waals surface area contributed by atoms with Crippen molar-refractivity contribution in [2.24, 2.45) is 0 Å². The number of nitrogens with zero attached hydrogens (tertiary/aromatic N) is 1. The molecule has 18 heavy (non-hydrogen) atoms. The summed E-state index contributed by atoms with van der Waals surface area (Å²) in [7, 11) is 0. The van der Waals surface area contributed by atoms with Crippen LogP contribution in [0.5, 0.6) is 5.75 Å². The molecule has 0 aliphatic heterocycles. The number of benzene rings is 1. The highest BCUT2D eigenvalue weighted by molar-refractivity contribution is 7.98. The predicted octanol–water partition coefficient (Wildman–Crippen LogP) is 2.76. The maximum Gasteiger partial charge on any atom is 0.258 e. The van der Waals surface area contributed by atoms with Crippen LogP contribution in [0.1, 0.15) is 10.4 Å². The number of rotatable bonds is 3. The van der Waals surface area contributed by atoms with Gasteiger partial charge < -0.3 is 10.4 Å². The second-order valence-corrected chi connectivity index (χ2v) is 4.33. The lowest BCUT2D eigenvalue weighted by Gasteiger charge is -2.08. The number of carbonyl (C=O) groups excluding carboxylic acids is 1. The number of nitrogens with one attached hydrogen (secondary N) is 1. The third-order valence-corrected chi connectivity index (χ3v) is 3.07. The fourth-order valence-electron chi connectivity index (χ4n) is 1.50. The van der Waals surface area contributed by atoms with Crippen LogP contribution in [0.3, 0.4) is 0 Å². The zero-order chi connectivity index (χ0) is 13.0. The summed E-state index contributed by atoms with van der Waals surface area (Å²) < 4.78 is 0. The highest BCUT2D eigenvalue weighted by Gasteiger charge is 2.12. The van der Waals surface area contributed by atoms with Gasteiger partial charge in [0.15, 0.2) is 0 Å². The van der Waals surface area contributed by atoms with Crippen LogP contribution in [0.2, 0.25) is 0 Å². The second kappa shape index (κ2) is 5.55. The van der Waals surface area contributed by atoms with E-state index in [1.807, 2.05) is 6.26 Å². The van der Waals surface area contributed by atoms with Crippen molar-refractivity contribution in [3.63, 3.8) is 0 Å². The highest BCUT2D eigenvalue weighted by Crippen LogP contribution is 2.24. The zero-order valence-electron chi connectivity index (χ0n) is 9.75. The summed E-state index contributed by atoms with van der Waals surface area (Å²) >= 11 is 1.40. The van der Waals surface area contributed by atoms with Crippen molar-refractivity contribution in [2.75, 3.05) is 11.6 Å². The maximum absolute atomic E-state index is 12.1. The molecule has 0 bridgehead atoms. The summed E-state index contributed by atoms with van der Waals surface area (Å²) in [5.74, 6) is -0.241. The molecule has 2 N–H and O–H groups in total. The molecule has 1 aromatic carbocycles. The Labute approximate surface area is 109 Å². The van der Waals surface area contributed by atoms with Gasteiger partial charge in [0.2, 0.25) is 0 Å². The number of para-hydroxylation sites is 2. The Hall–Kier alpha value is -2.01. The Morgan fingerprint density at radius 1 is 1.28 bits per heavy atom. The van der Waals surface area contributed by atoms with Crippen LogP contribution < -0.4 is 5.32 Å². The van der Waals surface area contributed by atoms with Crippen molar-refractivity contribution in [1.29, 1.82) is 0 Å². The van der Waals surface area contributed by atoms with Crippen molar-refractivity contribution in [2.45, 2.75) is 5.03 Å². The minimum absolute atomic E-state index is 0.0421. The van der Waals surface area contributed by atoms with Gasteiger partial charge in [-0.25, -0.2) is 4.98 Å². The third-order valence-electron chi connectivity index (χ3n) is 2.36. The van der Waals surface area contributed by atoms with Crippen molar-refractivity contribution >= 4 is 23.4 Å². The molecule has 0 aliphatic carbocycles. The Bertz CT molecular complexity index is 572. The summed E-state index contributed by atoms with van der Waals surface area (Å²) in [6, 6.07) is 10.0. The van der Waals surface area contributed by atoms with E-state index in [1.54, 1.807) is 36.5 Å². The van der Waals surface area contributed by atoms with Crippen molar-refractivity contribution in [3.8, 4) is 5.75 Å². The van der Waals surface area contributed by atoms with Gasteiger partial charge in [0.05, 0.1) is 11.3 Å². The SMILES string of the molecule is CSc1ncccc1C(=O)Nc1ccccc1O. The monoisotopic (exact) mass is 260 g/mol. The number of aromatic nitrogens is 1. The third kappa shape index (κ3) is 2.62. The van der Waals surface area contributed by atoms with Crippen LogP contribution in [0, 0.1) is 0 Å². The van der Waals surface area contributed by atoms with E-state index >= 15 is 0 Å². The Morgan fingerprint density at radius 3 is 2.78 bits per heavy atom. The lowest BCUT2D eigenvalue weighted by molar-refractivity contribution is 0.102. The quantitative estimate of drug-likeness (QED) is 0.658. The molecule has 0 saturated heterocycles. The first kappa shape index (κ1) is 12.4. The number of aromatic hydroxyl groups is 1. The molecule has 92 valence electrons. The molecule has 2 aromatic rings. The van der Waals surface area contributed by atoms with E-state index in [1.165, 1.54) is 17.8 Å². The molecule has 1 aromatic heterocycles. The van der Waals surface area contributed by atoms with Crippen LogP contribution in [0.15, 0.2) is 47.6 Å². The van der Waals surface area contributed by atoms with Gasteiger partial charge in [0.25, 0.3) is 5.91 Å². The molecular formula is C13H12N2O2S. The minimum Gasteiger partial charge on any atom is -0.506 e. The topological polar surface area (TPSA) is 62.2 Å². The van der Waals surface area contributed by atoms with Crippen LogP contribution in [0.25, 0.3) is 0 Å². The van der Waals surface area contributed by atoms with Gasteiger partial charge >= 0.3 is 0 Å². The van der Waals surface area contributed by atoms with E-state index in [0.717, 1.165) is 0 Å². The van der Waals surface area contributed by atoms with E-state index in [0.29, 0.717) is 16.3 Å². The van der Waals surface area contributed by atoms with Crippen LogP contribution in [-0.2, 0) is 0 Å². The predicted molar refractivity (Wildman–Crippen MR) is 72.1 cm³/mol. The van der Waals surface area contributed by atoms with Gasteiger partial charge in [-0.05, 0) is 30.5 Å². The molecule has 0 aliphatic rings. The molecule has 5 heteroatoms. The molecule has 4 nitrogen and oxygen atoms in total. The lowest BCUT2D eigenvalue weighted by Crippen LogP contribution is -2.13. The molecule has 0 radical (unpaired) electrons. The Balaban J connectivity index is 2.25. The molecule has 0 unspecified atom stereocenters. The zero-order valence-corrected chi connectivity index (χ0v) is 10.6. The van der Waals surface area contributed by atoms with Gasteiger partial charge in [-0.1, -0.05) is 12.1 Å². The lowest BCUT2D eigenvalue weighted by atomic mass is 10.2. The summed E-state index contributed by atoms with van der Waals surface area (Å²) in [5, 5.41) is 12.9. The average Bonchev–Trinajstić information content (AvgIpc) is 2.41. The van der Waals surface area contributed by atoms with Crippen molar-refractivity contribution in [3.05, 3.63) is 48.2 Å². The summed E-state index contributed by atoms with van der Waals surface area (Å²) in [5.41, 5.74) is 0.881. The number of anilines is 1. The smallest absolute Gasteiger partial charge is 0.258 e. The number of hydrogen-bond acceptors (Lipinski definition) is 4. The standard InChI is InChI=1S/C13H12N2O2S/c1-18-13-9(5-4-8-14-13)12(17)15-10-6-2-3-7-11(10)16/h2-8,16H,1H3,(H,15,17). The Morgan fingerprint density at radius 2 is 2.06 bits per heavy atom. The van der Waals surface area contributed by atoms with Gasteiger partial charge in [-0.3, -0.25) is 4.79 Å². The molecule has 2 rings (SSSR count). The molecule has 0 spiro atoms. The van der Waals surface area contributed by atoms with Gasteiger partial charge in [0, 0.05) is 6.20 Å². The number of phenolic OH excluding ortho intramolecular Hbond substituents is 1. The summed E-state index contributed by atoms with van der Waals surface area (Å²) in [6.45, 7) is 0. The van der Waals surface area contributed by atoms with Gasteiger partial charge in [-0.2, -0.15) is 0 Å². The van der Waals surface area contributed by atoms with Crippen molar-refractivity contribution in [1.82, 2.24) is 4.98 Å². The fraction of sp³-hybridized carbons (Fsp3) is 0.0769. The Kier molecular flexibility index (Phi) is 3.84. The number of amides is 1. The minimum atomic E-state index is -0.283. The molecular weight excluding hydrogens is 248 g/mol. The highest BCUT2D eigenvalue weighted by atomic mass is 32.2. The van der Waals surface area contributed by atoms with Crippen LogP contribution >= 0.6 is 11.8 Å². The van der Waals surface area contributed by atoms with Crippen molar-refractivity contribution < 1.29 is 9.90 Å². The molecule has 1 heterocycles. The van der Waals surface area contributed by atoms with E-state index in [4.69, 9.17) is 0 Å². The van der Waals surface area contributed by atoms with Gasteiger partial charge in [0.1, 0.15) is 10.8 Å². The normalized spacial score (nSPS) is 10.1. The number of hydrogen-bond donors (Lipinski definition) is 2. The fourth-order valence-corrected chi connectivity index (χ4v) is 2.04. The van der Waals surface area contributed by atoms with E-state index in [-0.39, 0.29) is 11.7 Å². The molecule has 0 fully saturated rings. The second-order valence-electron chi connectivity index (χ2n) is 3.53. The summed E-state index contributed by atoms with van der Waals surface area (Å²) in [4.78, 5) is 16.2. The van der Waals surface area contributed by atoms with E-state index < -0.39 is 0 Å².